The summed E-state index contributed by atoms with van der Waals surface area (Å²) in [6.45, 7) is 0.353. The van der Waals surface area contributed by atoms with E-state index in [0.29, 0.717) is 22.8 Å². The first-order valence-corrected chi connectivity index (χ1v) is 5.75. The van der Waals surface area contributed by atoms with Crippen LogP contribution in [0.25, 0.3) is 0 Å². The van der Waals surface area contributed by atoms with Gasteiger partial charge in [-0.2, -0.15) is 0 Å². The number of benzene rings is 1. The third-order valence-electron chi connectivity index (χ3n) is 2.43. The summed E-state index contributed by atoms with van der Waals surface area (Å²) in [5, 5.41) is 0.505. The van der Waals surface area contributed by atoms with Gasteiger partial charge in [0.05, 0.1) is 12.2 Å². The van der Waals surface area contributed by atoms with Gasteiger partial charge in [-0.1, -0.05) is 23.8 Å². The van der Waals surface area contributed by atoms with Crippen molar-refractivity contribution in [3.05, 3.63) is 58.6 Å². The largest absolute Gasteiger partial charge is 0.388 e. The van der Waals surface area contributed by atoms with Gasteiger partial charge in [-0.3, -0.25) is 0 Å². The second-order valence-corrected chi connectivity index (χ2v) is 4.50. The van der Waals surface area contributed by atoms with Crippen molar-refractivity contribution >= 4 is 28.8 Å². The standard InChI is InChI=1S/C12H10ClFN2S/c13-9-3-4-10(14)8(6-9)7-16-5-1-2-11(16)12(15)17/h1-6H,7H2,(H2,15,17). The van der Waals surface area contributed by atoms with E-state index in [1.54, 1.807) is 22.9 Å². The van der Waals surface area contributed by atoms with Crippen molar-refractivity contribution in [2.75, 3.05) is 0 Å². The van der Waals surface area contributed by atoms with Crippen LogP contribution in [0.15, 0.2) is 36.5 Å². The summed E-state index contributed by atoms with van der Waals surface area (Å²) >= 11 is 10.7. The number of aromatic nitrogens is 1. The van der Waals surface area contributed by atoms with Gasteiger partial charge in [0.2, 0.25) is 0 Å². The highest BCUT2D eigenvalue weighted by Crippen LogP contribution is 2.17. The van der Waals surface area contributed by atoms with Crippen molar-refractivity contribution in [3.8, 4) is 0 Å². The number of rotatable bonds is 3. The van der Waals surface area contributed by atoms with Crippen LogP contribution in [-0.4, -0.2) is 9.56 Å². The van der Waals surface area contributed by atoms with Crippen molar-refractivity contribution < 1.29 is 4.39 Å². The SMILES string of the molecule is NC(=S)c1cccn1Cc1cc(Cl)ccc1F. The Morgan fingerprint density at radius 3 is 2.88 bits per heavy atom. The van der Waals surface area contributed by atoms with Gasteiger partial charge in [0.15, 0.2) is 0 Å². The molecule has 1 aromatic heterocycles. The summed E-state index contributed by atoms with van der Waals surface area (Å²) in [5.41, 5.74) is 6.78. The predicted octanol–water partition coefficient (Wildman–Crippen LogP) is 2.96. The molecule has 0 saturated carbocycles. The fraction of sp³-hybridized carbons (Fsp3) is 0.0833. The van der Waals surface area contributed by atoms with Crippen LogP contribution in [0.4, 0.5) is 4.39 Å². The van der Waals surface area contributed by atoms with E-state index in [0.717, 1.165) is 0 Å². The summed E-state index contributed by atoms with van der Waals surface area (Å²) in [6.07, 6.45) is 1.80. The minimum Gasteiger partial charge on any atom is -0.388 e. The van der Waals surface area contributed by atoms with Gasteiger partial charge in [0, 0.05) is 16.8 Å². The zero-order valence-electron chi connectivity index (χ0n) is 8.86. The minimum atomic E-state index is -0.294. The average molecular weight is 269 g/mol. The average Bonchev–Trinajstić information content (AvgIpc) is 2.71. The number of nitrogens with two attached hydrogens (primary N) is 1. The Kier molecular flexibility index (Phi) is 3.45. The molecule has 0 bridgehead atoms. The van der Waals surface area contributed by atoms with Crippen LogP contribution in [0.2, 0.25) is 5.02 Å². The van der Waals surface area contributed by atoms with E-state index in [-0.39, 0.29) is 10.8 Å². The Hall–Kier alpha value is -1.39. The molecule has 0 aliphatic rings. The summed E-state index contributed by atoms with van der Waals surface area (Å²) in [7, 11) is 0. The summed E-state index contributed by atoms with van der Waals surface area (Å²) < 4.78 is 15.3. The Morgan fingerprint density at radius 2 is 2.18 bits per heavy atom. The molecular weight excluding hydrogens is 259 g/mol. The molecule has 0 spiro atoms. The van der Waals surface area contributed by atoms with Crippen molar-refractivity contribution in [3.63, 3.8) is 0 Å². The maximum atomic E-state index is 13.6. The minimum absolute atomic E-state index is 0.289. The lowest BCUT2D eigenvalue weighted by atomic mass is 10.2. The highest BCUT2D eigenvalue weighted by atomic mass is 35.5. The van der Waals surface area contributed by atoms with Gasteiger partial charge in [-0.05, 0) is 30.3 Å². The number of hydrogen-bond acceptors (Lipinski definition) is 1. The molecule has 0 unspecified atom stereocenters. The van der Waals surface area contributed by atoms with Crippen LogP contribution in [-0.2, 0) is 6.54 Å². The maximum Gasteiger partial charge on any atom is 0.128 e. The molecule has 0 aliphatic carbocycles. The third kappa shape index (κ3) is 2.65. The zero-order valence-corrected chi connectivity index (χ0v) is 10.4. The summed E-state index contributed by atoms with van der Waals surface area (Å²) in [6, 6.07) is 8.08. The van der Waals surface area contributed by atoms with Crippen molar-refractivity contribution in [1.82, 2.24) is 4.57 Å². The Balaban J connectivity index is 2.34. The van der Waals surface area contributed by atoms with E-state index in [9.17, 15) is 4.39 Å². The predicted molar refractivity (Wildman–Crippen MR) is 70.8 cm³/mol. The molecule has 2 nitrogen and oxygen atoms in total. The van der Waals surface area contributed by atoms with Crippen LogP contribution < -0.4 is 5.73 Å². The van der Waals surface area contributed by atoms with Gasteiger partial charge in [0.25, 0.3) is 0 Å². The van der Waals surface area contributed by atoms with E-state index in [1.165, 1.54) is 12.1 Å². The highest BCUT2D eigenvalue weighted by molar-refractivity contribution is 7.80. The normalized spacial score (nSPS) is 10.5. The molecular formula is C12H10ClFN2S. The van der Waals surface area contributed by atoms with Crippen molar-refractivity contribution in [1.29, 1.82) is 0 Å². The van der Waals surface area contributed by atoms with Crippen molar-refractivity contribution in [2.45, 2.75) is 6.54 Å². The Morgan fingerprint density at radius 1 is 1.41 bits per heavy atom. The Labute approximate surface area is 109 Å². The van der Waals surface area contributed by atoms with Crippen molar-refractivity contribution in [2.24, 2.45) is 5.73 Å². The van der Waals surface area contributed by atoms with E-state index < -0.39 is 0 Å². The van der Waals surface area contributed by atoms with Crippen LogP contribution in [0.5, 0.6) is 0 Å². The van der Waals surface area contributed by atoms with E-state index in [4.69, 9.17) is 29.6 Å². The molecule has 0 amide bonds. The fourth-order valence-corrected chi connectivity index (χ4v) is 2.00. The molecule has 1 heterocycles. The fourth-order valence-electron chi connectivity index (χ4n) is 1.62. The lowest BCUT2D eigenvalue weighted by Crippen LogP contribution is -2.16. The third-order valence-corrected chi connectivity index (χ3v) is 2.87. The number of halogens is 2. The molecule has 5 heteroatoms. The molecule has 1 aromatic carbocycles. The molecule has 88 valence electrons. The molecule has 0 radical (unpaired) electrons. The van der Waals surface area contributed by atoms with Gasteiger partial charge in [-0.25, -0.2) is 4.39 Å². The first-order chi connectivity index (χ1) is 8.08. The number of thiocarbonyl (C=S) groups is 1. The first kappa shape index (κ1) is 12.1. The van der Waals surface area contributed by atoms with E-state index >= 15 is 0 Å². The highest BCUT2D eigenvalue weighted by Gasteiger charge is 2.08. The van der Waals surface area contributed by atoms with E-state index in [1.807, 2.05) is 6.07 Å². The lowest BCUT2D eigenvalue weighted by Gasteiger charge is -2.09. The molecule has 0 fully saturated rings. The van der Waals surface area contributed by atoms with Crippen LogP contribution in [0.3, 0.4) is 0 Å². The molecule has 2 rings (SSSR count). The monoisotopic (exact) mass is 268 g/mol. The molecule has 2 N–H and O–H groups in total. The molecule has 0 atom stereocenters. The second kappa shape index (κ2) is 4.85. The summed E-state index contributed by atoms with van der Waals surface area (Å²) in [5.74, 6) is -0.294. The van der Waals surface area contributed by atoms with Gasteiger partial charge < -0.3 is 10.3 Å². The van der Waals surface area contributed by atoms with Gasteiger partial charge >= 0.3 is 0 Å². The number of hydrogen-bond donors (Lipinski definition) is 1. The first-order valence-electron chi connectivity index (χ1n) is 4.97. The lowest BCUT2D eigenvalue weighted by molar-refractivity contribution is 0.599. The molecule has 0 aliphatic heterocycles. The maximum absolute atomic E-state index is 13.6. The van der Waals surface area contributed by atoms with Gasteiger partial charge in [-0.15, -0.1) is 0 Å². The van der Waals surface area contributed by atoms with Crippen LogP contribution in [0.1, 0.15) is 11.3 Å². The second-order valence-electron chi connectivity index (χ2n) is 3.62. The smallest absolute Gasteiger partial charge is 0.128 e. The quantitative estimate of drug-likeness (QED) is 0.868. The summed E-state index contributed by atoms with van der Waals surface area (Å²) in [4.78, 5) is 0.289. The Bertz CT molecular complexity index is 565. The zero-order chi connectivity index (χ0) is 12.4. The molecule has 0 saturated heterocycles. The van der Waals surface area contributed by atoms with Crippen LogP contribution >= 0.6 is 23.8 Å². The molecule has 2 aromatic rings. The van der Waals surface area contributed by atoms with Crippen LogP contribution in [0, 0.1) is 5.82 Å². The number of nitrogens with zero attached hydrogens (tertiary/aromatic N) is 1. The topological polar surface area (TPSA) is 30.9 Å². The molecule has 17 heavy (non-hydrogen) atoms. The van der Waals surface area contributed by atoms with Gasteiger partial charge in [0.1, 0.15) is 10.8 Å². The van der Waals surface area contributed by atoms with E-state index in [2.05, 4.69) is 0 Å².